The van der Waals surface area contributed by atoms with E-state index in [1.807, 2.05) is 42.9 Å². The second kappa shape index (κ2) is 11.1. The minimum absolute atomic E-state index is 0.148. The number of methoxy groups -OCH3 is 1. The summed E-state index contributed by atoms with van der Waals surface area (Å²) in [6.45, 7) is 3.68. The molecule has 0 radical (unpaired) electrons. The molecule has 1 fully saturated rings. The van der Waals surface area contributed by atoms with Gasteiger partial charge in [-0.3, -0.25) is 4.90 Å². The van der Waals surface area contributed by atoms with Gasteiger partial charge in [-0.2, -0.15) is 5.26 Å². The van der Waals surface area contributed by atoms with Crippen molar-refractivity contribution in [2.75, 3.05) is 26.8 Å². The summed E-state index contributed by atoms with van der Waals surface area (Å²) in [5.41, 5.74) is 3.50. The first-order valence-corrected chi connectivity index (χ1v) is 11.8. The van der Waals surface area contributed by atoms with Gasteiger partial charge >= 0.3 is 6.36 Å². The van der Waals surface area contributed by atoms with Crippen molar-refractivity contribution in [1.82, 2.24) is 14.5 Å². The summed E-state index contributed by atoms with van der Waals surface area (Å²) >= 11 is 0. The molecule has 9 heteroatoms. The van der Waals surface area contributed by atoms with Gasteiger partial charge in [-0.05, 0) is 67.7 Å². The van der Waals surface area contributed by atoms with Crippen LogP contribution < -0.4 is 4.74 Å². The predicted molar refractivity (Wildman–Crippen MR) is 128 cm³/mol. The fourth-order valence-electron chi connectivity index (χ4n) is 4.88. The monoisotopic (exact) mass is 498 g/mol. The summed E-state index contributed by atoms with van der Waals surface area (Å²) < 4.78 is 49.7. The first-order chi connectivity index (χ1) is 17.3. The summed E-state index contributed by atoms with van der Waals surface area (Å²) in [6.07, 6.45) is 1.36. The third-order valence-electron chi connectivity index (χ3n) is 6.70. The Morgan fingerprint density at radius 1 is 1.06 bits per heavy atom. The molecule has 1 aliphatic heterocycles. The molecule has 0 N–H and O–H groups in total. The molecule has 0 amide bonds. The van der Waals surface area contributed by atoms with Crippen LogP contribution in [0.4, 0.5) is 13.2 Å². The number of hydrogen-bond donors (Lipinski definition) is 0. The van der Waals surface area contributed by atoms with Crippen molar-refractivity contribution in [2.45, 2.75) is 38.7 Å². The normalized spacial score (nSPS) is 16.0. The quantitative estimate of drug-likeness (QED) is 0.407. The van der Waals surface area contributed by atoms with Crippen molar-refractivity contribution in [3.63, 3.8) is 0 Å². The molecule has 1 saturated heterocycles. The molecule has 2 heterocycles. The molecule has 2 aromatic carbocycles. The third kappa shape index (κ3) is 6.86. The Balaban J connectivity index is 1.38. The van der Waals surface area contributed by atoms with Crippen LogP contribution in [0.25, 0.3) is 0 Å². The van der Waals surface area contributed by atoms with Gasteiger partial charge in [0.1, 0.15) is 5.75 Å². The molecule has 0 saturated carbocycles. The van der Waals surface area contributed by atoms with Crippen LogP contribution in [0.5, 0.6) is 5.75 Å². The number of nitrogens with zero attached hydrogens (tertiary/aromatic N) is 4. The van der Waals surface area contributed by atoms with Crippen LogP contribution in [0.2, 0.25) is 0 Å². The second-order valence-electron chi connectivity index (χ2n) is 9.40. The van der Waals surface area contributed by atoms with E-state index in [1.54, 1.807) is 13.2 Å². The molecule has 4 rings (SSSR count). The first kappa shape index (κ1) is 25.7. The highest BCUT2D eigenvalue weighted by molar-refractivity contribution is 5.32. The van der Waals surface area contributed by atoms with E-state index in [9.17, 15) is 13.2 Å². The first-order valence-electron chi connectivity index (χ1n) is 11.8. The van der Waals surface area contributed by atoms with Crippen LogP contribution in [-0.2, 0) is 24.2 Å². The lowest BCUT2D eigenvalue weighted by Gasteiger charge is -2.41. The van der Waals surface area contributed by atoms with Gasteiger partial charge in [0, 0.05) is 31.8 Å². The van der Waals surface area contributed by atoms with Crippen molar-refractivity contribution in [3.8, 4) is 11.8 Å². The molecule has 0 spiro atoms. The number of halogens is 3. The van der Waals surface area contributed by atoms with E-state index < -0.39 is 6.36 Å². The number of piperidine rings is 1. The van der Waals surface area contributed by atoms with E-state index in [-0.39, 0.29) is 11.2 Å². The number of benzene rings is 2. The number of hydrogen-bond acceptors (Lipinski definition) is 5. The Kier molecular flexibility index (Phi) is 7.97. The third-order valence-corrected chi connectivity index (χ3v) is 6.70. The maximum absolute atomic E-state index is 12.6. The largest absolute Gasteiger partial charge is 0.573 e. The molecule has 0 atom stereocenters. The van der Waals surface area contributed by atoms with E-state index in [0.717, 1.165) is 49.3 Å². The van der Waals surface area contributed by atoms with E-state index in [2.05, 4.69) is 25.3 Å². The van der Waals surface area contributed by atoms with Crippen molar-refractivity contribution in [2.24, 2.45) is 5.41 Å². The minimum atomic E-state index is -4.71. The maximum Gasteiger partial charge on any atom is 0.573 e. The zero-order chi connectivity index (χ0) is 25.6. The standard InChI is InChI=1S/C27H29F3N4O2/c1-35-19-26(14-23-3-2-4-25(13-23)36-27(28,29)30)9-11-33(12-10-26)18-24-16-32-20-34(24)17-22-7-5-21(15-31)6-8-22/h2-8,13,16,20H,9-12,14,17-19H2,1H3. The zero-order valence-electron chi connectivity index (χ0n) is 20.2. The Hall–Kier alpha value is -3.35. The summed E-state index contributed by atoms with van der Waals surface area (Å²) in [5, 5.41) is 8.99. The van der Waals surface area contributed by atoms with Crippen LogP contribution in [0.1, 0.15) is 35.2 Å². The smallest absolute Gasteiger partial charge is 0.406 e. The van der Waals surface area contributed by atoms with Crippen LogP contribution in [0, 0.1) is 16.7 Å². The van der Waals surface area contributed by atoms with Gasteiger partial charge in [0.15, 0.2) is 0 Å². The number of ether oxygens (including phenoxy) is 2. The van der Waals surface area contributed by atoms with Gasteiger partial charge in [-0.1, -0.05) is 24.3 Å². The molecule has 0 unspecified atom stereocenters. The number of rotatable bonds is 9. The summed E-state index contributed by atoms with van der Waals surface area (Å²) in [4.78, 5) is 6.72. The molecule has 36 heavy (non-hydrogen) atoms. The van der Waals surface area contributed by atoms with Crippen molar-refractivity contribution in [1.29, 1.82) is 5.26 Å². The number of nitriles is 1. The van der Waals surface area contributed by atoms with Crippen molar-refractivity contribution < 1.29 is 22.6 Å². The highest BCUT2D eigenvalue weighted by atomic mass is 19.4. The lowest BCUT2D eigenvalue weighted by Crippen LogP contribution is -2.43. The molecule has 3 aromatic rings. The molecular weight excluding hydrogens is 469 g/mol. The SMILES string of the molecule is COCC1(Cc2cccc(OC(F)(F)F)c2)CCN(Cc2cncn2Cc2ccc(C#N)cc2)CC1. The zero-order valence-corrected chi connectivity index (χ0v) is 20.2. The predicted octanol–water partition coefficient (Wildman–Crippen LogP) is 5.17. The van der Waals surface area contributed by atoms with Crippen LogP contribution in [0.3, 0.4) is 0 Å². The average molecular weight is 499 g/mol. The van der Waals surface area contributed by atoms with Crippen LogP contribution >= 0.6 is 0 Å². The van der Waals surface area contributed by atoms with Crippen molar-refractivity contribution in [3.05, 3.63) is 83.4 Å². The maximum atomic E-state index is 12.6. The number of alkyl halides is 3. The molecule has 190 valence electrons. The van der Waals surface area contributed by atoms with E-state index >= 15 is 0 Å². The molecule has 0 aliphatic carbocycles. The topological polar surface area (TPSA) is 63.3 Å². The lowest BCUT2D eigenvalue weighted by atomic mass is 9.74. The average Bonchev–Trinajstić information content (AvgIpc) is 3.27. The second-order valence-corrected chi connectivity index (χ2v) is 9.40. The van der Waals surface area contributed by atoms with Crippen molar-refractivity contribution >= 4 is 0 Å². The summed E-state index contributed by atoms with van der Waals surface area (Å²) in [7, 11) is 1.67. The molecule has 1 aliphatic rings. The Labute approximate surface area is 208 Å². The highest BCUT2D eigenvalue weighted by Gasteiger charge is 2.36. The molecule has 6 nitrogen and oxygen atoms in total. The highest BCUT2D eigenvalue weighted by Crippen LogP contribution is 2.37. The fourth-order valence-corrected chi connectivity index (χ4v) is 4.88. The number of likely N-dealkylation sites (tertiary alicyclic amines) is 1. The van der Waals surface area contributed by atoms with E-state index in [4.69, 9.17) is 10.00 Å². The van der Waals surface area contributed by atoms with Gasteiger partial charge in [-0.25, -0.2) is 4.98 Å². The Bertz CT molecular complexity index is 1180. The van der Waals surface area contributed by atoms with Gasteiger partial charge < -0.3 is 14.0 Å². The molecular formula is C27H29F3N4O2. The lowest BCUT2D eigenvalue weighted by molar-refractivity contribution is -0.274. The van der Waals surface area contributed by atoms with Crippen LogP contribution in [0.15, 0.2) is 61.1 Å². The fraction of sp³-hybridized carbons (Fsp3) is 0.407. The molecule has 0 bridgehead atoms. The summed E-state index contributed by atoms with van der Waals surface area (Å²) in [5.74, 6) is -0.194. The van der Waals surface area contributed by atoms with Gasteiger partial charge in [0.2, 0.25) is 0 Å². The summed E-state index contributed by atoms with van der Waals surface area (Å²) in [6, 6.07) is 15.9. The number of aromatic nitrogens is 2. The Morgan fingerprint density at radius 3 is 2.47 bits per heavy atom. The Morgan fingerprint density at radius 2 is 1.81 bits per heavy atom. The minimum Gasteiger partial charge on any atom is -0.406 e. The van der Waals surface area contributed by atoms with Crippen LogP contribution in [-0.4, -0.2) is 47.6 Å². The number of imidazole rings is 1. The van der Waals surface area contributed by atoms with Gasteiger partial charge in [0.25, 0.3) is 0 Å². The van der Waals surface area contributed by atoms with E-state index in [1.165, 1.54) is 12.1 Å². The molecule has 1 aromatic heterocycles. The van der Waals surface area contributed by atoms with Gasteiger partial charge in [-0.15, -0.1) is 13.2 Å². The van der Waals surface area contributed by atoms with E-state index in [0.29, 0.717) is 25.1 Å². The van der Waals surface area contributed by atoms with Gasteiger partial charge in [0.05, 0.1) is 30.3 Å².